The monoisotopic (exact) mass is 331 g/mol. The third kappa shape index (κ3) is 3.71. The molecule has 1 unspecified atom stereocenters. The molecule has 24 heavy (non-hydrogen) atoms. The zero-order valence-electron chi connectivity index (χ0n) is 13.4. The predicted octanol–water partition coefficient (Wildman–Crippen LogP) is 2.49. The van der Waals surface area contributed by atoms with E-state index < -0.39 is 23.2 Å². The first-order valence-electron chi connectivity index (χ1n) is 7.29. The van der Waals surface area contributed by atoms with Crippen molar-refractivity contribution in [1.29, 1.82) is 0 Å². The third-order valence-corrected chi connectivity index (χ3v) is 3.75. The summed E-state index contributed by atoms with van der Waals surface area (Å²) in [4.78, 5) is 23.9. The highest BCUT2D eigenvalue weighted by Gasteiger charge is 2.37. The lowest BCUT2D eigenvalue weighted by molar-refractivity contribution is -0.147. The normalized spacial score (nSPS) is 13.0. The Kier molecular flexibility index (Phi) is 5.18. The molecule has 0 spiro atoms. The number of carbonyl (C=O) groups is 2. The summed E-state index contributed by atoms with van der Waals surface area (Å²) >= 11 is 0. The number of nitrogens with one attached hydrogen (secondary N) is 1. The van der Waals surface area contributed by atoms with E-state index in [1.807, 2.05) is 6.07 Å². The van der Waals surface area contributed by atoms with Crippen molar-refractivity contribution in [1.82, 2.24) is 5.32 Å². The molecule has 0 aromatic heterocycles. The van der Waals surface area contributed by atoms with Crippen LogP contribution in [0.25, 0.3) is 0 Å². The smallest absolute Gasteiger partial charge is 0.333 e. The molecule has 0 saturated heterocycles. The maximum Gasteiger partial charge on any atom is 0.333 e. The fraction of sp³-hybridized carbons (Fsp3) is 0.222. The van der Waals surface area contributed by atoms with Gasteiger partial charge in [0, 0.05) is 0 Å². The number of halogens is 1. The van der Waals surface area contributed by atoms with Gasteiger partial charge in [0.25, 0.3) is 0 Å². The van der Waals surface area contributed by atoms with Crippen molar-refractivity contribution in [3.05, 3.63) is 65.5 Å². The standard InChI is InChI=1S/C18H18FNO4/c1-18(17(22)23,13-8-9-15(24-2)14(19)11-13)20-16(21)10-12-6-4-3-5-7-12/h3-9,11H,10H2,1-2H3,(H,20,21)(H,22,23). The fourth-order valence-corrected chi connectivity index (χ4v) is 2.33. The Morgan fingerprint density at radius 2 is 1.88 bits per heavy atom. The van der Waals surface area contributed by atoms with Gasteiger partial charge in [0.1, 0.15) is 0 Å². The average molecular weight is 331 g/mol. The van der Waals surface area contributed by atoms with Gasteiger partial charge in [-0.1, -0.05) is 36.4 Å². The van der Waals surface area contributed by atoms with Crippen LogP contribution in [0.3, 0.4) is 0 Å². The molecule has 6 heteroatoms. The number of carboxylic acids is 1. The van der Waals surface area contributed by atoms with Crippen molar-refractivity contribution < 1.29 is 23.8 Å². The van der Waals surface area contributed by atoms with Crippen LogP contribution in [0.5, 0.6) is 5.75 Å². The van der Waals surface area contributed by atoms with Crippen LogP contribution >= 0.6 is 0 Å². The van der Waals surface area contributed by atoms with Gasteiger partial charge in [-0.25, -0.2) is 9.18 Å². The second-order valence-electron chi connectivity index (χ2n) is 5.49. The zero-order chi connectivity index (χ0) is 17.7. The molecule has 2 N–H and O–H groups in total. The van der Waals surface area contributed by atoms with Crippen molar-refractivity contribution in [3.8, 4) is 5.75 Å². The van der Waals surface area contributed by atoms with Gasteiger partial charge in [-0.15, -0.1) is 0 Å². The first kappa shape index (κ1) is 17.5. The summed E-state index contributed by atoms with van der Waals surface area (Å²) in [5, 5.41) is 12.0. The molecule has 0 fully saturated rings. The van der Waals surface area contributed by atoms with Gasteiger partial charge in [0.2, 0.25) is 5.91 Å². The quantitative estimate of drug-likeness (QED) is 0.853. The van der Waals surface area contributed by atoms with Crippen molar-refractivity contribution in [2.45, 2.75) is 18.9 Å². The highest BCUT2D eigenvalue weighted by atomic mass is 19.1. The summed E-state index contributed by atoms with van der Waals surface area (Å²) in [5.41, 5.74) is -0.878. The van der Waals surface area contributed by atoms with Crippen LogP contribution in [0.4, 0.5) is 4.39 Å². The van der Waals surface area contributed by atoms with Crippen LogP contribution in [-0.4, -0.2) is 24.1 Å². The number of hydrogen-bond acceptors (Lipinski definition) is 3. The Morgan fingerprint density at radius 3 is 2.42 bits per heavy atom. The molecular formula is C18H18FNO4. The molecule has 0 aliphatic carbocycles. The summed E-state index contributed by atoms with van der Waals surface area (Å²) in [6, 6.07) is 12.7. The molecule has 5 nitrogen and oxygen atoms in total. The highest BCUT2D eigenvalue weighted by Crippen LogP contribution is 2.26. The second kappa shape index (κ2) is 7.12. The van der Waals surface area contributed by atoms with E-state index in [0.717, 1.165) is 11.6 Å². The van der Waals surface area contributed by atoms with E-state index in [1.54, 1.807) is 24.3 Å². The molecule has 0 bridgehead atoms. The molecule has 2 rings (SSSR count). The maximum absolute atomic E-state index is 13.9. The molecule has 2 aromatic rings. The summed E-state index contributed by atoms with van der Waals surface area (Å²) in [7, 11) is 1.32. The number of aliphatic carboxylic acids is 1. The molecule has 0 aliphatic heterocycles. The van der Waals surface area contributed by atoms with Gasteiger partial charge in [0.15, 0.2) is 17.1 Å². The lowest BCUT2D eigenvalue weighted by atomic mass is 9.91. The van der Waals surface area contributed by atoms with Gasteiger partial charge in [-0.2, -0.15) is 0 Å². The van der Waals surface area contributed by atoms with Crippen molar-refractivity contribution >= 4 is 11.9 Å². The van der Waals surface area contributed by atoms with Crippen molar-refractivity contribution in [2.75, 3.05) is 7.11 Å². The minimum atomic E-state index is -1.75. The number of hydrogen-bond donors (Lipinski definition) is 2. The highest BCUT2D eigenvalue weighted by molar-refractivity contribution is 5.88. The second-order valence-corrected chi connectivity index (χ2v) is 5.49. The SMILES string of the molecule is COc1ccc(C(C)(NC(=O)Cc2ccccc2)C(=O)O)cc1F. The Morgan fingerprint density at radius 1 is 1.21 bits per heavy atom. The topological polar surface area (TPSA) is 75.6 Å². The minimum absolute atomic E-state index is 0.00195. The summed E-state index contributed by atoms with van der Waals surface area (Å²) < 4.78 is 18.7. The largest absolute Gasteiger partial charge is 0.494 e. The van der Waals surface area contributed by atoms with Crippen molar-refractivity contribution in [3.63, 3.8) is 0 Å². The number of methoxy groups -OCH3 is 1. The Hall–Kier alpha value is -2.89. The Labute approximate surface area is 139 Å². The van der Waals surface area contributed by atoms with E-state index >= 15 is 0 Å². The van der Waals surface area contributed by atoms with Gasteiger partial charge in [0.05, 0.1) is 13.5 Å². The molecule has 0 heterocycles. The Bertz CT molecular complexity index is 748. The average Bonchev–Trinajstić information content (AvgIpc) is 2.55. The van der Waals surface area contributed by atoms with Gasteiger partial charge >= 0.3 is 5.97 Å². The number of rotatable bonds is 6. The van der Waals surface area contributed by atoms with E-state index in [2.05, 4.69) is 5.32 Å². The number of benzene rings is 2. The molecule has 0 saturated carbocycles. The summed E-state index contributed by atoms with van der Waals surface area (Å²) in [5.74, 6) is -2.45. The van der Waals surface area contributed by atoms with E-state index in [1.165, 1.54) is 26.2 Å². The lowest BCUT2D eigenvalue weighted by Gasteiger charge is -2.27. The van der Waals surface area contributed by atoms with Crippen LogP contribution < -0.4 is 10.1 Å². The first-order chi connectivity index (χ1) is 11.4. The molecule has 2 aromatic carbocycles. The molecule has 1 atom stereocenters. The van der Waals surface area contributed by atoms with Crippen molar-refractivity contribution in [2.24, 2.45) is 0 Å². The van der Waals surface area contributed by atoms with Crippen LogP contribution in [-0.2, 0) is 21.5 Å². The number of amides is 1. The lowest BCUT2D eigenvalue weighted by Crippen LogP contribution is -2.50. The van der Waals surface area contributed by atoms with Crippen LogP contribution in [0.1, 0.15) is 18.1 Å². The molecule has 0 aliphatic rings. The summed E-state index contributed by atoms with van der Waals surface area (Å²) in [6.45, 7) is 1.32. The van der Waals surface area contributed by atoms with E-state index in [9.17, 15) is 19.1 Å². The fourth-order valence-electron chi connectivity index (χ4n) is 2.33. The van der Waals surface area contributed by atoms with E-state index in [0.29, 0.717) is 0 Å². The van der Waals surface area contributed by atoms with Gasteiger partial charge < -0.3 is 15.2 Å². The predicted molar refractivity (Wildman–Crippen MR) is 86.2 cm³/mol. The van der Waals surface area contributed by atoms with Crippen LogP contribution in [0.15, 0.2) is 48.5 Å². The number of ether oxygens (including phenoxy) is 1. The Balaban J connectivity index is 2.25. The van der Waals surface area contributed by atoms with Gasteiger partial charge in [-0.3, -0.25) is 4.79 Å². The molecule has 0 radical (unpaired) electrons. The number of carbonyl (C=O) groups excluding carboxylic acids is 1. The molecule has 126 valence electrons. The first-order valence-corrected chi connectivity index (χ1v) is 7.29. The van der Waals surface area contributed by atoms with Crippen LogP contribution in [0, 0.1) is 5.82 Å². The minimum Gasteiger partial charge on any atom is -0.494 e. The zero-order valence-corrected chi connectivity index (χ0v) is 13.4. The maximum atomic E-state index is 13.9. The van der Waals surface area contributed by atoms with Crippen LogP contribution in [0.2, 0.25) is 0 Å². The van der Waals surface area contributed by atoms with E-state index in [4.69, 9.17) is 4.74 Å². The molecular weight excluding hydrogens is 313 g/mol. The van der Waals surface area contributed by atoms with Gasteiger partial charge in [-0.05, 0) is 30.2 Å². The summed E-state index contributed by atoms with van der Waals surface area (Å²) in [6.07, 6.45) is 0.0301. The number of carboxylic acid groups (broad SMARTS) is 1. The van der Waals surface area contributed by atoms with E-state index in [-0.39, 0.29) is 17.7 Å². The molecule has 1 amide bonds. The third-order valence-electron chi connectivity index (χ3n) is 3.75.